The molecule has 1 aromatic heterocycles. The van der Waals surface area contributed by atoms with E-state index in [9.17, 15) is 0 Å². The fourth-order valence-corrected chi connectivity index (χ4v) is 1.53. The lowest BCUT2D eigenvalue weighted by molar-refractivity contribution is 0.342. The van der Waals surface area contributed by atoms with E-state index in [-0.39, 0.29) is 0 Å². The van der Waals surface area contributed by atoms with Crippen LogP contribution in [0.2, 0.25) is 0 Å². The Hall–Kier alpha value is -0.580. The Kier molecular flexibility index (Phi) is 3.71. The minimum atomic E-state index is 0.558. The lowest BCUT2D eigenvalue weighted by Crippen LogP contribution is -2.09. The molecule has 0 fully saturated rings. The molecule has 0 unspecified atom stereocenters. The summed E-state index contributed by atoms with van der Waals surface area (Å²) in [5.41, 5.74) is 0. The maximum Gasteiger partial charge on any atom is 0.316 e. The maximum absolute atomic E-state index is 5.10. The molecule has 0 aliphatic carbocycles. The first-order valence-electron chi connectivity index (χ1n) is 4.21. The number of aromatic nitrogens is 3. The van der Waals surface area contributed by atoms with Gasteiger partial charge in [-0.2, -0.15) is 0 Å². The SMILES string of the molecule is COc1nnc(CBr)n1CC(C)C. The zero-order valence-electron chi connectivity index (χ0n) is 8.12. The summed E-state index contributed by atoms with van der Waals surface area (Å²) in [5, 5.41) is 8.62. The summed E-state index contributed by atoms with van der Waals surface area (Å²) in [6.07, 6.45) is 0. The van der Waals surface area contributed by atoms with Gasteiger partial charge in [-0.25, -0.2) is 0 Å². The molecule has 0 aliphatic rings. The molecule has 0 radical (unpaired) electrons. The zero-order valence-corrected chi connectivity index (χ0v) is 9.71. The van der Waals surface area contributed by atoms with Crippen molar-refractivity contribution in [2.45, 2.75) is 25.7 Å². The van der Waals surface area contributed by atoms with Crippen LogP contribution in [0.4, 0.5) is 0 Å². The fraction of sp³-hybridized carbons (Fsp3) is 0.750. The Balaban J connectivity index is 2.91. The van der Waals surface area contributed by atoms with E-state index in [2.05, 4.69) is 40.0 Å². The monoisotopic (exact) mass is 247 g/mol. The van der Waals surface area contributed by atoms with E-state index in [4.69, 9.17) is 4.74 Å². The predicted octanol–water partition coefficient (Wildman–Crippen LogP) is 1.84. The highest BCUT2D eigenvalue weighted by atomic mass is 79.9. The molecule has 1 aromatic rings. The topological polar surface area (TPSA) is 39.9 Å². The van der Waals surface area contributed by atoms with Gasteiger partial charge in [-0.1, -0.05) is 34.9 Å². The highest BCUT2D eigenvalue weighted by Crippen LogP contribution is 2.14. The fourth-order valence-electron chi connectivity index (χ4n) is 1.12. The quantitative estimate of drug-likeness (QED) is 0.763. The maximum atomic E-state index is 5.10. The zero-order chi connectivity index (χ0) is 9.84. The largest absolute Gasteiger partial charge is 0.467 e. The molecule has 1 heterocycles. The standard InChI is InChI=1S/C8H14BrN3O/c1-6(2)5-12-7(4-9)10-11-8(12)13-3/h6H,4-5H2,1-3H3. The Labute approximate surface area is 86.4 Å². The van der Waals surface area contributed by atoms with E-state index in [1.807, 2.05) is 4.57 Å². The van der Waals surface area contributed by atoms with Crippen LogP contribution in [0.1, 0.15) is 19.7 Å². The van der Waals surface area contributed by atoms with Crippen molar-refractivity contribution >= 4 is 15.9 Å². The van der Waals surface area contributed by atoms with Crippen LogP contribution in [-0.4, -0.2) is 21.9 Å². The van der Waals surface area contributed by atoms with Crippen molar-refractivity contribution in [3.05, 3.63) is 5.82 Å². The third-order valence-corrected chi connectivity index (χ3v) is 2.14. The smallest absolute Gasteiger partial charge is 0.316 e. The molecule has 0 saturated heterocycles. The molecular weight excluding hydrogens is 234 g/mol. The van der Waals surface area contributed by atoms with Crippen molar-refractivity contribution in [1.29, 1.82) is 0 Å². The summed E-state index contributed by atoms with van der Waals surface area (Å²) in [5.74, 6) is 1.47. The summed E-state index contributed by atoms with van der Waals surface area (Å²) in [6.45, 7) is 5.19. The van der Waals surface area contributed by atoms with Crippen LogP contribution in [-0.2, 0) is 11.9 Å². The van der Waals surface area contributed by atoms with E-state index >= 15 is 0 Å². The van der Waals surface area contributed by atoms with Crippen molar-refractivity contribution in [3.63, 3.8) is 0 Å². The van der Waals surface area contributed by atoms with Gasteiger partial charge in [0.05, 0.1) is 12.4 Å². The molecule has 0 atom stereocenters. The van der Waals surface area contributed by atoms with Crippen LogP contribution in [0, 0.1) is 5.92 Å². The number of hydrogen-bond acceptors (Lipinski definition) is 3. The molecule has 74 valence electrons. The molecular formula is C8H14BrN3O. The summed E-state index contributed by atoms with van der Waals surface area (Å²) >= 11 is 3.36. The van der Waals surface area contributed by atoms with Crippen LogP contribution in [0.25, 0.3) is 0 Å². The van der Waals surface area contributed by atoms with Crippen molar-refractivity contribution in [2.24, 2.45) is 5.92 Å². The Bertz CT molecular complexity index is 251. The molecule has 0 amide bonds. The van der Waals surface area contributed by atoms with Crippen molar-refractivity contribution < 1.29 is 4.74 Å². The third-order valence-electron chi connectivity index (χ3n) is 1.64. The van der Waals surface area contributed by atoms with Crippen LogP contribution >= 0.6 is 15.9 Å². The van der Waals surface area contributed by atoms with Gasteiger partial charge in [0.15, 0.2) is 0 Å². The van der Waals surface area contributed by atoms with Gasteiger partial charge in [0, 0.05) is 6.54 Å². The molecule has 4 nitrogen and oxygen atoms in total. The summed E-state index contributed by atoms with van der Waals surface area (Å²) in [7, 11) is 1.61. The van der Waals surface area contributed by atoms with Gasteiger partial charge in [-0.15, -0.1) is 5.10 Å². The lowest BCUT2D eigenvalue weighted by atomic mass is 10.2. The van der Waals surface area contributed by atoms with E-state index in [0.29, 0.717) is 17.3 Å². The van der Waals surface area contributed by atoms with Gasteiger partial charge >= 0.3 is 6.01 Å². The minimum Gasteiger partial charge on any atom is -0.467 e. The number of methoxy groups -OCH3 is 1. The molecule has 0 aromatic carbocycles. The Morgan fingerprint density at radius 1 is 1.46 bits per heavy atom. The molecule has 0 spiro atoms. The van der Waals surface area contributed by atoms with Crippen LogP contribution < -0.4 is 4.74 Å². The van der Waals surface area contributed by atoms with Gasteiger partial charge in [-0.3, -0.25) is 4.57 Å². The number of alkyl halides is 1. The molecule has 13 heavy (non-hydrogen) atoms. The first kappa shape index (κ1) is 10.5. The van der Waals surface area contributed by atoms with Crippen LogP contribution in [0.3, 0.4) is 0 Å². The highest BCUT2D eigenvalue weighted by Gasteiger charge is 2.11. The van der Waals surface area contributed by atoms with Gasteiger partial charge < -0.3 is 4.74 Å². The Morgan fingerprint density at radius 3 is 2.62 bits per heavy atom. The van der Waals surface area contributed by atoms with Crippen molar-refractivity contribution in [1.82, 2.24) is 14.8 Å². The average Bonchev–Trinajstić information content (AvgIpc) is 2.46. The van der Waals surface area contributed by atoms with E-state index in [1.54, 1.807) is 7.11 Å². The number of halogens is 1. The number of rotatable bonds is 4. The number of hydrogen-bond donors (Lipinski definition) is 0. The van der Waals surface area contributed by atoms with Gasteiger partial charge in [0.25, 0.3) is 0 Å². The summed E-state index contributed by atoms with van der Waals surface area (Å²) in [4.78, 5) is 0. The second-order valence-corrected chi connectivity index (χ2v) is 3.80. The number of nitrogens with zero attached hydrogens (tertiary/aromatic N) is 3. The second-order valence-electron chi connectivity index (χ2n) is 3.24. The van der Waals surface area contributed by atoms with E-state index in [1.165, 1.54) is 0 Å². The van der Waals surface area contributed by atoms with Crippen LogP contribution in [0.15, 0.2) is 0 Å². The van der Waals surface area contributed by atoms with Gasteiger partial charge in [0.2, 0.25) is 0 Å². The Morgan fingerprint density at radius 2 is 2.15 bits per heavy atom. The summed E-state index contributed by atoms with van der Waals surface area (Å²) in [6, 6.07) is 0.586. The molecule has 0 N–H and O–H groups in total. The van der Waals surface area contributed by atoms with Crippen LogP contribution in [0.5, 0.6) is 6.01 Å². The third kappa shape index (κ3) is 2.43. The normalized spacial score (nSPS) is 10.8. The first-order valence-corrected chi connectivity index (χ1v) is 5.33. The summed E-state index contributed by atoms with van der Waals surface area (Å²) < 4.78 is 7.08. The van der Waals surface area contributed by atoms with Crippen molar-refractivity contribution in [3.8, 4) is 6.01 Å². The van der Waals surface area contributed by atoms with E-state index < -0.39 is 0 Å². The average molecular weight is 248 g/mol. The van der Waals surface area contributed by atoms with E-state index in [0.717, 1.165) is 12.4 Å². The molecule has 0 aliphatic heterocycles. The van der Waals surface area contributed by atoms with Gasteiger partial charge in [0.1, 0.15) is 5.82 Å². The lowest BCUT2D eigenvalue weighted by Gasteiger charge is -2.09. The van der Waals surface area contributed by atoms with Gasteiger partial charge in [-0.05, 0) is 5.92 Å². The van der Waals surface area contributed by atoms with Crippen molar-refractivity contribution in [2.75, 3.05) is 7.11 Å². The molecule has 5 heteroatoms. The highest BCUT2D eigenvalue weighted by molar-refractivity contribution is 9.08. The molecule has 0 bridgehead atoms. The second kappa shape index (κ2) is 4.60. The minimum absolute atomic E-state index is 0.558. The number of ether oxygens (including phenoxy) is 1. The molecule has 0 saturated carbocycles. The molecule has 1 rings (SSSR count). The predicted molar refractivity (Wildman–Crippen MR) is 54.0 cm³/mol. The first-order chi connectivity index (χ1) is 6.19.